The quantitative estimate of drug-likeness (QED) is 0.714. The third-order valence-corrected chi connectivity index (χ3v) is 3.33. The van der Waals surface area contributed by atoms with E-state index in [-0.39, 0.29) is 11.9 Å². The summed E-state index contributed by atoms with van der Waals surface area (Å²) in [6.45, 7) is 5.94. The fourth-order valence-corrected chi connectivity index (χ4v) is 2.34. The van der Waals surface area contributed by atoms with Crippen LogP contribution < -0.4 is 5.73 Å². The highest BCUT2D eigenvalue weighted by molar-refractivity contribution is 5.85. The summed E-state index contributed by atoms with van der Waals surface area (Å²) in [6.07, 6.45) is 0.513. The van der Waals surface area contributed by atoms with Crippen LogP contribution in [0.25, 0.3) is 0 Å². The molecule has 2 aliphatic heterocycles. The van der Waals surface area contributed by atoms with E-state index in [0.29, 0.717) is 12.3 Å². The predicted octanol–water partition coefficient (Wildman–Crippen LogP) is 0.359. The van der Waals surface area contributed by atoms with Gasteiger partial charge >= 0.3 is 0 Å². The van der Waals surface area contributed by atoms with Gasteiger partial charge in [-0.25, -0.2) is 0 Å². The van der Waals surface area contributed by atoms with E-state index in [1.165, 1.54) is 0 Å². The van der Waals surface area contributed by atoms with Gasteiger partial charge in [-0.1, -0.05) is 13.8 Å². The van der Waals surface area contributed by atoms with Gasteiger partial charge in [0.25, 0.3) is 0 Å². The van der Waals surface area contributed by atoms with Crippen molar-refractivity contribution in [1.82, 2.24) is 9.80 Å². The molecule has 2 heterocycles. The van der Waals surface area contributed by atoms with Gasteiger partial charge in [0.1, 0.15) is 5.82 Å². The molecule has 0 spiro atoms. The van der Waals surface area contributed by atoms with Gasteiger partial charge in [0.05, 0.1) is 6.42 Å². The molecule has 0 aromatic rings. The first-order valence-electron chi connectivity index (χ1n) is 5.52. The lowest BCUT2D eigenvalue weighted by Crippen LogP contribution is -2.30. The van der Waals surface area contributed by atoms with Gasteiger partial charge in [-0.2, -0.15) is 0 Å². The summed E-state index contributed by atoms with van der Waals surface area (Å²) >= 11 is 0. The van der Waals surface area contributed by atoms with E-state index < -0.39 is 0 Å². The summed E-state index contributed by atoms with van der Waals surface area (Å²) in [6, 6.07) is 0.00880. The lowest BCUT2D eigenvalue weighted by molar-refractivity contribution is -0.126. The number of nitrogens with zero attached hydrogens (tertiary/aromatic N) is 2. The first kappa shape index (κ1) is 10.5. The van der Waals surface area contributed by atoms with Gasteiger partial charge in [-0.3, -0.25) is 9.69 Å². The molecule has 0 radical (unpaired) electrons. The van der Waals surface area contributed by atoms with E-state index in [9.17, 15) is 4.79 Å². The topological polar surface area (TPSA) is 49.6 Å². The third kappa shape index (κ3) is 1.53. The Hall–Kier alpha value is -1.03. The molecule has 84 valence electrons. The van der Waals surface area contributed by atoms with Crippen molar-refractivity contribution >= 4 is 5.91 Å². The summed E-state index contributed by atoms with van der Waals surface area (Å²) in [7, 11) is 2.03. The zero-order valence-electron chi connectivity index (χ0n) is 9.66. The van der Waals surface area contributed by atoms with E-state index >= 15 is 0 Å². The number of hydrogen-bond acceptors (Lipinski definition) is 3. The number of fused-ring (bicyclic) bond motifs is 1. The van der Waals surface area contributed by atoms with Crippen LogP contribution in [0.1, 0.15) is 20.3 Å². The zero-order chi connectivity index (χ0) is 11.2. The van der Waals surface area contributed by atoms with Crippen molar-refractivity contribution in [3.8, 4) is 0 Å². The summed E-state index contributed by atoms with van der Waals surface area (Å²) in [4.78, 5) is 15.8. The molecule has 0 aromatic heterocycles. The fourth-order valence-electron chi connectivity index (χ4n) is 2.34. The lowest BCUT2D eigenvalue weighted by atomic mass is 9.95. The Labute approximate surface area is 90.7 Å². The maximum absolute atomic E-state index is 11.7. The smallest absolute Gasteiger partial charge is 0.232 e. The van der Waals surface area contributed by atoms with E-state index in [2.05, 4.69) is 18.7 Å². The van der Waals surface area contributed by atoms with Crippen LogP contribution in [0.3, 0.4) is 0 Å². The zero-order valence-corrected chi connectivity index (χ0v) is 9.66. The van der Waals surface area contributed by atoms with E-state index in [0.717, 1.165) is 24.5 Å². The van der Waals surface area contributed by atoms with E-state index in [1.54, 1.807) is 0 Å². The van der Waals surface area contributed by atoms with Crippen molar-refractivity contribution in [3.63, 3.8) is 0 Å². The molecule has 0 aliphatic carbocycles. The number of carbonyl (C=O) groups excluding carboxylic acids is 1. The number of amides is 1. The average molecular weight is 209 g/mol. The van der Waals surface area contributed by atoms with Crippen LogP contribution in [0.4, 0.5) is 0 Å². The standard InChI is InChI=1S/C11H19N3O/c1-7(2)10(12)8-6-9(15)14-5-4-13(3)11(8)14/h7,10H,4-6,12H2,1-3H3. The molecule has 15 heavy (non-hydrogen) atoms. The average Bonchev–Trinajstić information content (AvgIpc) is 2.69. The van der Waals surface area contributed by atoms with Gasteiger partial charge in [0.15, 0.2) is 0 Å². The molecule has 1 fully saturated rings. The summed E-state index contributed by atoms with van der Waals surface area (Å²) in [5.41, 5.74) is 7.26. The first-order chi connectivity index (χ1) is 7.02. The minimum Gasteiger partial charge on any atom is -0.359 e. The van der Waals surface area contributed by atoms with Gasteiger partial charge in [0.2, 0.25) is 5.91 Å². The molecule has 2 N–H and O–H groups in total. The summed E-state index contributed by atoms with van der Waals surface area (Å²) in [5.74, 6) is 1.66. The lowest BCUT2D eigenvalue weighted by Gasteiger charge is -2.21. The van der Waals surface area contributed by atoms with Crippen LogP contribution in [0.2, 0.25) is 0 Å². The summed E-state index contributed by atoms with van der Waals surface area (Å²) < 4.78 is 0. The van der Waals surface area contributed by atoms with Crippen LogP contribution in [0.5, 0.6) is 0 Å². The van der Waals surface area contributed by atoms with Crippen molar-refractivity contribution < 1.29 is 4.79 Å². The van der Waals surface area contributed by atoms with Crippen molar-refractivity contribution in [2.75, 3.05) is 20.1 Å². The Balaban J connectivity index is 2.33. The van der Waals surface area contributed by atoms with E-state index in [4.69, 9.17) is 5.73 Å². The molecule has 2 aliphatic rings. The van der Waals surface area contributed by atoms with Crippen molar-refractivity contribution in [3.05, 3.63) is 11.4 Å². The van der Waals surface area contributed by atoms with Gasteiger partial charge in [-0.15, -0.1) is 0 Å². The minimum absolute atomic E-state index is 0.00880. The fraction of sp³-hybridized carbons (Fsp3) is 0.727. The van der Waals surface area contributed by atoms with Crippen molar-refractivity contribution in [2.45, 2.75) is 26.3 Å². The molecule has 0 aromatic carbocycles. The number of hydrogen-bond donors (Lipinski definition) is 1. The second-order valence-electron chi connectivity index (χ2n) is 4.76. The Morgan fingerprint density at radius 2 is 2.00 bits per heavy atom. The van der Waals surface area contributed by atoms with Crippen molar-refractivity contribution in [2.24, 2.45) is 11.7 Å². The molecular formula is C11H19N3O. The highest BCUT2D eigenvalue weighted by Crippen LogP contribution is 2.33. The highest BCUT2D eigenvalue weighted by atomic mass is 16.2. The Bertz CT molecular complexity index is 322. The number of nitrogens with two attached hydrogens (primary N) is 1. The largest absolute Gasteiger partial charge is 0.359 e. The summed E-state index contributed by atoms with van der Waals surface area (Å²) in [5, 5.41) is 0. The maximum Gasteiger partial charge on any atom is 0.232 e. The van der Waals surface area contributed by atoms with Crippen LogP contribution in [0, 0.1) is 5.92 Å². The Morgan fingerprint density at radius 3 is 2.60 bits per heavy atom. The number of carbonyl (C=O) groups is 1. The van der Waals surface area contributed by atoms with Crippen LogP contribution in [0.15, 0.2) is 11.4 Å². The van der Waals surface area contributed by atoms with Gasteiger partial charge in [-0.05, 0) is 11.5 Å². The molecule has 4 nitrogen and oxygen atoms in total. The second-order valence-corrected chi connectivity index (χ2v) is 4.76. The first-order valence-corrected chi connectivity index (χ1v) is 5.52. The Kier molecular flexibility index (Phi) is 2.46. The van der Waals surface area contributed by atoms with Crippen LogP contribution in [-0.4, -0.2) is 41.9 Å². The van der Waals surface area contributed by atoms with Crippen LogP contribution in [-0.2, 0) is 4.79 Å². The van der Waals surface area contributed by atoms with Crippen molar-refractivity contribution in [1.29, 1.82) is 0 Å². The molecule has 4 heteroatoms. The Morgan fingerprint density at radius 1 is 1.33 bits per heavy atom. The van der Waals surface area contributed by atoms with Gasteiger partial charge < -0.3 is 10.6 Å². The number of likely N-dealkylation sites (N-methyl/N-ethyl adjacent to an activating group) is 1. The normalized spacial score (nSPS) is 23.1. The predicted molar refractivity (Wildman–Crippen MR) is 58.8 cm³/mol. The van der Waals surface area contributed by atoms with Gasteiger partial charge in [0, 0.05) is 26.2 Å². The third-order valence-electron chi connectivity index (χ3n) is 3.33. The minimum atomic E-state index is 0.00880. The molecule has 1 atom stereocenters. The SMILES string of the molecule is CC(C)C(N)C1=C2N(C)CCN2C(=O)C1. The molecular weight excluding hydrogens is 190 g/mol. The van der Waals surface area contributed by atoms with Crippen LogP contribution >= 0.6 is 0 Å². The highest BCUT2D eigenvalue weighted by Gasteiger charge is 2.38. The molecule has 1 unspecified atom stereocenters. The number of rotatable bonds is 2. The van der Waals surface area contributed by atoms with E-state index in [1.807, 2.05) is 11.9 Å². The molecule has 1 saturated heterocycles. The maximum atomic E-state index is 11.7. The molecule has 1 amide bonds. The molecule has 2 rings (SSSR count). The second kappa shape index (κ2) is 3.52. The monoisotopic (exact) mass is 209 g/mol. The molecule has 0 saturated carbocycles. The molecule has 0 bridgehead atoms.